The van der Waals surface area contributed by atoms with Gasteiger partial charge in [-0.15, -0.1) is 0 Å². The first-order valence-corrected chi connectivity index (χ1v) is 10.5. The molecular formula is C22H26N2O2S. The van der Waals surface area contributed by atoms with Crippen molar-refractivity contribution in [2.24, 2.45) is 0 Å². The highest BCUT2D eigenvalue weighted by molar-refractivity contribution is 7.89. The molecule has 3 rings (SSSR count). The van der Waals surface area contributed by atoms with Crippen LogP contribution in [0.15, 0.2) is 65.6 Å². The lowest BCUT2D eigenvalue weighted by atomic mass is 10.1. The van der Waals surface area contributed by atoms with Crippen LogP contribution in [0.1, 0.15) is 18.1 Å². The molecule has 0 aromatic heterocycles. The standard InChI is InChI=1S/C22H26N2O2S/c1-5-24(16-18-10-6-9-17(2)15-18)27(25,26)22-14-8-11-19-20(22)12-7-13-21(19)23(3)4/h6-15H,5,16H2,1-4H3. The van der Waals surface area contributed by atoms with E-state index in [0.29, 0.717) is 18.0 Å². The van der Waals surface area contributed by atoms with E-state index in [-0.39, 0.29) is 0 Å². The Bertz CT molecular complexity index is 1060. The highest BCUT2D eigenvalue weighted by Crippen LogP contribution is 2.32. The van der Waals surface area contributed by atoms with Crippen LogP contribution in [0.25, 0.3) is 10.8 Å². The van der Waals surface area contributed by atoms with Gasteiger partial charge in [-0.1, -0.05) is 61.0 Å². The van der Waals surface area contributed by atoms with E-state index in [1.807, 2.05) is 87.4 Å². The number of hydrogen-bond donors (Lipinski definition) is 0. The zero-order chi connectivity index (χ0) is 19.6. The van der Waals surface area contributed by atoms with Crippen molar-refractivity contribution >= 4 is 26.5 Å². The Hall–Kier alpha value is -2.37. The van der Waals surface area contributed by atoms with Crippen LogP contribution in [0.4, 0.5) is 5.69 Å². The Morgan fingerprint density at radius 3 is 2.22 bits per heavy atom. The molecule has 0 amide bonds. The van der Waals surface area contributed by atoms with Crippen LogP contribution in [-0.2, 0) is 16.6 Å². The fraction of sp³-hybridized carbons (Fsp3) is 0.273. The molecule has 4 nitrogen and oxygen atoms in total. The number of sulfonamides is 1. The lowest BCUT2D eigenvalue weighted by molar-refractivity contribution is 0.424. The molecular weight excluding hydrogens is 356 g/mol. The van der Waals surface area contributed by atoms with E-state index in [0.717, 1.165) is 27.6 Å². The predicted octanol–water partition coefficient (Wildman–Crippen LogP) is 4.43. The maximum absolute atomic E-state index is 13.5. The fourth-order valence-corrected chi connectivity index (χ4v) is 5.04. The van der Waals surface area contributed by atoms with Gasteiger partial charge in [0, 0.05) is 43.6 Å². The molecule has 0 spiro atoms. The first-order chi connectivity index (χ1) is 12.8. The number of hydrogen-bond acceptors (Lipinski definition) is 3. The zero-order valence-electron chi connectivity index (χ0n) is 16.3. The third kappa shape index (κ3) is 3.84. The van der Waals surface area contributed by atoms with Gasteiger partial charge in [-0.25, -0.2) is 8.42 Å². The molecule has 3 aromatic carbocycles. The number of nitrogens with zero attached hydrogens (tertiary/aromatic N) is 2. The number of aryl methyl sites for hydroxylation is 1. The summed E-state index contributed by atoms with van der Waals surface area (Å²) in [6, 6.07) is 19.3. The summed E-state index contributed by atoms with van der Waals surface area (Å²) < 4.78 is 28.5. The van der Waals surface area contributed by atoms with E-state index >= 15 is 0 Å². The molecule has 0 aliphatic carbocycles. The number of anilines is 1. The van der Waals surface area contributed by atoms with Crippen molar-refractivity contribution in [3.63, 3.8) is 0 Å². The summed E-state index contributed by atoms with van der Waals surface area (Å²) in [5, 5.41) is 1.70. The summed E-state index contributed by atoms with van der Waals surface area (Å²) in [4.78, 5) is 2.36. The Morgan fingerprint density at radius 1 is 0.889 bits per heavy atom. The summed E-state index contributed by atoms with van der Waals surface area (Å²) in [7, 11) is 0.312. The van der Waals surface area contributed by atoms with Crippen LogP contribution in [0.5, 0.6) is 0 Å². The second-order valence-electron chi connectivity index (χ2n) is 6.94. The first kappa shape index (κ1) is 19.4. The smallest absolute Gasteiger partial charge is 0.243 e. The molecule has 0 bridgehead atoms. The van der Waals surface area contributed by atoms with Gasteiger partial charge < -0.3 is 4.90 Å². The van der Waals surface area contributed by atoms with Crippen LogP contribution < -0.4 is 4.90 Å². The van der Waals surface area contributed by atoms with Gasteiger partial charge in [0.2, 0.25) is 10.0 Å². The molecule has 0 unspecified atom stereocenters. The highest BCUT2D eigenvalue weighted by Gasteiger charge is 2.25. The third-order valence-corrected chi connectivity index (χ3v) is 6.73. The molecule has 0 atom stereocenters. The van der Waals surface area contributed by atoms with Crippen molar-refractivity contribution in [2.45, 2.75) is 25.3 Å². The predicted molar refractivity (Wildman–Crippen MR) is 113 cm³/mol. The number of rotatable bonds is 6. The zero-order valence-corrected chi connectivity index (χ0v) is 17.1. The van der Waals surface area contributed by atoms with Crippen molar-refractivity contribution in [2.75, 3.05) is 25.5 Å². The molecule has 0 fully saturated rings. The largest absolute Gasteiger partial charge is 0.377 e. The summed E-state index contributed by atoms with van der Waals surface area (Å²) in [6.07, 6.45) is 0. The third-order valence-electron chi connectivity index (χ3n) is 4.75. The quantitative estimate of drug-likeness (QED) is 0.633. The van der Waals surface area contributed by atoms with Crippen molar-refractivity contribution in [3.8, 4) is 0 Å². The maximum Gasteiger partial charge on any atom is 0.243 e. The Labute approximate surface area is 162 Å². The van der Waals surface area contributed by atoms with E-state index < -0.39 is 10.0 Å². The summed E-state index contributed by atoms with van der Waals surface area (Å²) in [5.74, 6) is 0. The van der Waals surface area contributed by atoms with Crippen molar-refractivity contribution in [1.29, 1.82) is 0 Å². The van der Waals surface area contributed by atoms with Crippen molar-refractivity contribution in [3.05, 3.63) is 71.8 Å². The lowest BCUT2D eigenvalue weighted by Crippen LogP contribution is -2.30. The highest BCUT2D eigenvalue weighted by atomic mass is 32.2. The summed E-state index contributed by atoms with van der Waals surface area (Å²) in [6.45, 7) is 4.68. The van der Waals surface area contributed by atoms with E-state index in [1.54, 1.807) is 10.4 Å². The van der Waals surface area contributed by atoms with Crippen LogP contribution >= 0.6 is 0 Å². The van der Waals surface area contributed by atoms with E-state index in [1.165, 1.54) is 0 Å². The fourth-order valence-electron chi connectivity index (χ4n) is 3.40. The van der Waals surface area contributed by atoms with E-state index in [4.69, 9.17) is 0 Å². The van der Waals surface area contributed by atoms with Crippen LogP contribution in [0, 0.1) is 6.92 Å². The molecule has 142 valence electrons. The van der Waals surface area contributed by atoms with Crippen LogP contribution in [-0.4, -0.2) is 33.4 Å². The molecule has 0 saturated heterocycles. The van der Waals surface area contributed by atoms with Gasteiger partial charge in [-0.3, -0.25) is 0 Å². The number of fused-ring (bicyclic) bond motifs is 1. The van der Waals surface area contributed by atoms with Crippen LogP contribution in [0.3, 0.4) is 0 Å². The molecule has 0 saturated carbocycles. The van der Waals surface area contributed by atoms with Gasteiger partial charge in [0.1, 0.15) is 0 Å². The Balaban J connectivity index is 2.09. The molecule has 5 heteroatoms. The van der Waals surface area contributed by atoms with Gasteiger partial charge in [0.05, 0.1) is 4.90 Å². The van der Waals surface area contributed by atoms with E-state index in [9.17, 15) is 8.42 Å². The topological polar surface area (TPSA) is 40.6 Å². The SMILES string of the molecule is CCN(Cc1cccc(C)c1)S(=O)(=O)c1cccc2c(N(C)C)cccc12. The molecule has 3 aromatic rings. The van der Waals surface area contributed by atoms with Gasteiger partial charge in [-0.2, -0.15) is 4.31 Å². The minimum Gasteiger partial charge on any atom is -0.377 e. The lowest BCUT2D eigenvalue weighted by Gasteiger charge is -2.23. The first-order valence-electron chi connectivity index (χ1n) is 9.09. The van der Waals surface area contributed by atoms with Crippen molar-refractivity contribution in [1.82, 2.24) is 4.31 Å². The average Bonchev–Trinajstić information content (AvgIpc) is 2.64. The average molecular weight is 383 g/mol. The second-order valence-corrected chi connectivity index (χ2v) is 8.85. The monoisotopic (exact) mass is 382 g/mol. The molecule has 0 radical (unpaired) electrons. The summed E-state index contributed by atoms with van der Waals surface area (Å²) in [5.41, 5.74) is 3.13. The molecule has 0 heterocycles. The minimum absolute atomic E-state index is 0.359. The normalized spacial score (nSPS) is 11.9. The van der Waals surface area contributed by atoms with Gasteiger partial charge in [0.25, 0.3) is 0 Å². The molecule has 0 aliphatic heterocycles. The van der Waals surface area contributed by atoms with Gasteiger partial charge in [-0.05, 0) is 24.6 Å². The van der Waals surface area contributed by atoms with Crippen LogP contribution in [0.2, 0.25) is 0 Å². The maximum atomic E-state index is 13.5. The Kier molecular flexibility index (Phi) is 5.53. The summed E-state index contributed by atoms with van der Waals surface area (Å²) >= 11 is 0. The second kappa shape index (κ2) is 7.71. The number of benzene rings is 3. The van der Waals surface area contributed by atoms with E-state index in [2.05, 4.69) is 0 Å². The molecule has 0 N–H and O–H groups in total. The molecule has 0 aliphatic rings. The Morgan fingerprint density at radius 2 is 1.56 bits per heavy atom. The van der Waals surface area contributed by atoms with Crippen molar-refractivity contribution < 1.29 is 8.42 Å². The van der Waals surface area contributed by atoms with Gasteiger partial charge >= 0.3 is 0 Å². The molecule has 27 heavy (non-hydrogen) atoms. The minimum atomic E-state index is -3.62. The van der Waals surface area contributed by atoms with Gasteiger partial charge in [0.15, 0.2) is 0 Å².